The summed E-state index contributed by atoms with van der Waals surface area (Å²) in [6.07, 6.45) is 4.11. The van der Waals surface area contributed by atoms with E-state index >= 15 is 0 Å². The largest absolute Gasteiger partial charge is 0.380 e. The maximum absolute atomic E-state index is 5.36. The number of nitrogens with one attached hydrogen (secondary N) is 1. The molecular formula is C12H20N4O. The average Bonchev–Trinajstić information content (AvgIpc) is 2.85. The first-order valence-electron chi connectivity index (χ1n) is 6.17. The zero-order chi connectivity index (χ0) is 12.1. The average molecular weight is 236 g/mol. The van der Waals surface area contributed by atoms with Crippen LogP contribution in [0.25, 0.3) is 0 Å². The van der Waals surface area contributed by atoms with Crippen molar-refractivity contribution in [3.8, 4) is 0 Å². The van der Waals surface area contributed by atoms with Crippen LogP contribution >= 0.6 is 0 Å². The molecular weight excluding hydrogens is 216 g/mol. The number of rotatable bonds is 5. The van der Waals surface area contributed by atoms with Gasteiger partial charge in [0.1, 0.15) is 18.0 Å². The molecule has 0 aliphatic carbocycles. The third kappa shape index (κ3) is 3.06. The van der Waals surface area contributed by atoms with Crippen molar-refractivity contribution in [3.63, 3.8) is 0 Å². The summed E-state index contributed by atoms with van der Waals surface area (Å²) in [7, 11) is 1.77. The lowest BCUT2D eigenvalue weighted by Gasteiger charge is -2.17. The van der Waals surface area contributed by atoms with Gasteiger partial charge in [0.2, 0.25) is 0 Å². The van der Waals surface area contributed by atoms with Crippen LogP contribution in [0, 0.1) is 0 Å². The maximum atomic E-state index is 5.36. The lowest BCUT2D eigenvalue weighted by molar-refractivity contribution is 0.121. The molecule has 0 spiro atoms. The van der Waals surface area contributed by atoms with Crippen LogP contribution in [0.1, 0.15) is 19.8 Å². The number of ether oxygens (including phenoxy) is 1. The molecule has 5 heteroatoms. The van der Waals surface area contributed by atoms with Gasteiger partial charge in [0.15, 0.2) is 0 Å². The molecule has 5 nitrogen and oxygen atoms in total. The van der Waals surface area contributed by atoms with Gasteiger partial charge in [-0.05, 0) is 12.8 Å². The van der Waals surface area contributed by atoms with Crippen LogP contribution in [0.15, 0.2) is 12.4 Å². The molecule has 1 aliphatic heterocycles. The quantitative estimate of drug-likeness (QED) is 0.840. The fourth-order valence-electron chi connectivity index (χ4n) is 2.00. The zero-order valence-electron chi connectivity index (χ0n) is 10.5. The lowest BCUT2D eigenvalue weighted by atomic mass is 10.3. The van der Waals surface area contributed by atoms with E-state index in [4.69, 9.17) is 4.74 Å². The Labute approximate surface area is 102 Å². The summed E-state index contributed by atoms with van der Waals surface area (Å²) in [5.41, 5.74) is 0. The molecule has 0 radical (unpaired) electrons. The highest BCUT2D eigenvalue weighted by molar-refractivity contribution is 5.49. The summed E-state index contributed by atoms with van der Waals surface area (Å²) in [4.78, 5) is 10.8. The molecule has 94 valence electrons. The van der Waals surface area contributed by atoms with Gasteiger partial charge in [-0.15, -0.1) is 0 Å². The van der Waals surface area contributed by atoms with E-state index < -0.39 is 0 Å². The van der Waals surface area contributed by atoms with Crippen LogP contribution < -0.4 is 10.2 Å². The molecule has 1 aromatic heterocycles. The van der Waals surface area contributed by atoms with E-state index in [-0.39, 0.29) is 0 Å². The monoisotopic (exact) mass is 236 g/mol. The highest BCUT2D eigenvalue weighted by Crippen LogP contribution is 2.20. The Morgan fingerprint density at radius 2 is 2.41 bits per heavy atom. The summed E-state index contributed by atoms with van der Waals surface area (Å²) >= 11 is 0. The Balaban J connectivity index is 2.01. The highest BCUT2D eigenvalue weighted by atomic mass is 16.5. The molecule has 1 unspecified atom stereocenters. The Morgan fingerprint density at radius 1 is 1.53 bits per heavy atom. The van der Waals surface area contributed by atoms with E-state index in [1.807, 2.05) is 6.07 Å². The fourth-order valence-corrected chi connectivity index (χ4v) is 2.00. The van der Waals surface area contributed by atoms with Crippen molar-refractivity contribution in [3.05, 3.63) is 12.4 Å². The second-order valence-electron chi connectivity index (χ2n) is 4.28. The smallest absolute Gasteiger partial charge is 0.134 e. The SMILES string of the molecule is CCCNc1cc(N2CCC(OC)C2)ncn1. The van der Waals surface area contributed by atoms with E-state index in [9.17, 15) is 0 Å². The van der Waals surface area contributed by atoms with E-state index in [1.54, 1.807) is 13.4 Å². The van der Waals surface area contributed by atoms with Crippen LogP contribution in [0.3, 0.4) is 0 Å². The normalized spacial score (nSPS) is 19.6. The topological polar surface area (TPSA) is 50.3 Å². The molecule has 0 amide bonds. The molecule has 1 fully saturated rings. The van der Waals surface area contributed by atoms with Gasteiger partial charge in [-0.3, -0.25) is 0 Å². The van der Waals surface area contributed by atoms with Gasteiger partial charge in [0.05, 0.1) is 6.10 Å². The van der Waals surface area contributed by atoms with Crippen LogP contribution in [0.5, 0.6) is 0 Å². The molecule has 1 atom stereocenters. The Morgan fingerprint density at radius 3 is 3.12 bits per heavy atom. The molecule has 1 aromatic rings. The minimum Gasteiger partial charge on any atom is -0.380 e. The fraction of sp³-hybridized carbons (Fsp3) is 0.667. The predicted octanol–water partition coefficient (Wildman–Crippen LogP) is 1.52. The number of aromatic nitrogens is 2. The zero-order valence-corrected chi connectivity index (χ0v) is 10.5. The molecule has 1 N–H and O–H groups in total. The summed E-state index contributed by atoms with van der Waals surface area (Å²) in [6.45, 7) is 5.00. The molecule has 17 heavy (non-hydrogen) atoms. The third-order valence-corrected chi connectivity index (χ3v) is 3.01. The van der Waals surface area contributed by atoms with Crippen LogP contribution in [0.4, 0.5) is 11.6 Å². The molecule has 0 aromatic carbocycles. The first-order valence-corrected chi connectivity index (χ1v) is 6.17. The van der Waals surface area contributed by atoms with Crippen molar-refractivity contribution in [2.45, 2.75) is 25.9 Å². The standard InChI is InChI=1S/C12H20N4O/c1-3-5-13-11-7-12(15-9-14-11)16-6-4-10(8-16)17-2/h7,9-10H,3-6,8H2,1-2H3,(H,13,14,15). The Bertz CT molecular complexity index is 358. The molecule has 0 saturated carbocycles. The van der Waals surface area contributed by atoms with Crippen molar-refractivity contribution in [2.24, 2.45) is 0 Å². The van der Waals surface area contributed by atoms with Gasteiger partial charge in [-0.1, -0.05) is 6.92 Å². The number of methoxy groups -OCH3 is 1. The van der Waals surface area contributed by atoms with Gasteiger partial charge in [-0.25, -0.2) is 9.97 Å². The van der Waals surface area contributed by atoms with Crippen molar-refractivity contribution < 1.29 is 4.74 Å². The molecule has 0 bridgehead atoms. The molecule has 2 heterocycles. The van der Waals surface area contributed by atoms with Gasteiger partial charge in [0.25, 0.3) is 0 Å². The highest BCUT2D eigenvalue weighted by Gasteiger charge is 2.23. The molecule has 1 aliphatic rings. The summed E-state index contributed by atoms with van der Waals surface area (Å²) in [6, 6.07) is 2.01. The second-order valence-corrected chi connectivity index (χ2v) is 4.28. The number of hydrogen-bond acceptors (Lipinski definition) is 5. The lowest BCUT2D eigenvalue weighted by Crippen LogP contribution is -2.23. The summed E-state index contributed by atoms with van der Waals surface area (Å²) in [5.74, 6) is 1.89. The second kappa shape index (κ2) is 5.82. The number of anilines is 2. The first-order chi connectivity index (χ1) is 8.33. The summed E-state index contributed by atoms with van der Waals surface area (Å²) < 4.78 is 5.36. The van der Waals surface area contributed by atoms with Gasteiger partial charge in [0, 0.05) is 32.8 Å². The number of hydrogen-bond donors (Lipinski definition) is 1. The molecule has 2 rings (SSSR count). The van der Waals surface area contributed by atoms with Crippen LogP contribution in [0.2, 0.25) is 0 Å². The molecule has 1 saturated heterocycles. The van der Waals surface area contributed by atoms with Crippen molar-refractivity contribution in [1.29, 1.82) is 0 Å². The van der Waals surface area contributed by atoms with Gasteiger partial charge < -0.3 is 15.0 Å². The van der Waals surface area contributed by atoms with E-state index in [0.29, 0.717) is 6.10 Å². The van der Waals surface area contributed by atoms with Crippen molar-refractivity contribution in [1.82, 2.24) is 9.97 Å². The minimum atomic E-state index is 0.331. The van der Waals surface area contributed by atoms with Gasteiger partial charge in [-0.2, -0.15) is 0 Å². The van der Waals surface area contributed by atoms with Crippen molar-refractivity contribution in [2.75, 3.05) is 37.0 Å². The van der Waals surface area contributed by atoms with Gasteiger partial charge >= 0.3 is 0 Å². The van der Waals surface area contributed by atoms with E-state index in [1.165, 1.54) is 0 Å². The van der Waals surface area contributed by atoms with Crippen LogP contribution in [-0.4, -0.2) is 42.8 Å². The Kier molecular flexibility index (Phi) is 4.14. The minimum absolute atomic E-state index is 0.331. The number of nitrogens with zero attached hydrogens (tertiary/aromatic N) is 3. The third-order valence-electron chi connectivity index (χ3n) is 3.01. The first kappa shape index (κ1) is 12.1. The van der Waals surface area contributed by atoms with Crippen LogP contribution in [-0.2, 0) is 4.74 Å². The predicted molar refractivity (Wildman–Crippen MR) is 68.4 cm³/mol. The van der Waals surface area contributed by atoms with E-state index in [0.717, 1.165) is 44.1 Å². The summed E-state index contributed by atoms with van der Waals surface area (Å²) in [5, 5.41) is 3.27. The Hall–Kier alpha value is -1.36. The van der Waals surface area contributed by atoms with Crippen molar-refractivity contribution >= 4 is 11.6 Å². The maximum Gasteiger partial charge on any atom is 0.134 e. The van der Waals surface area contributed by atoms with E-state index in [2.05, 4.69) is 27.1 Å².